The van der Waals surface area contributed by atoms with Gasteiger partial charge in [-0.05, 0) is 38.1 Å². The van der Waals surface area contributed by atoms with Crippen LogP contribution in [0.15, 0.2) is 30.5 Å². The number of halogens is 1. The summed E-state index contributed by atoms with van der Waals surface area (Å²) in [4.78, 5) is 6.88. The molecule has 1 N–H and O–H groups in total. The monoisotopic (exact) mass is 275 g/mol. The smallest absolute Gasteiger partial charge is 0.0737 e. The van der Waals surface area contributed by atoms with Gasteiger partial charge in [-0.25, -0.2) is 0 Å². The number of rotatable bonds is 1. The lowest BCUT2D eigenvalue weighted by atomic mass is 9.98. The third kappa shape index (κ3) is 2.28. The second-order valence-corrected chi connectivity index (χ2v) is 6.07. The van der Waals surface area contributed by atoms with Crippen LogP contribution in [0.1, 0.15) is 13.8 Å². The van der Waals surface area contributed by atoms with Crippen molar-refractivity contribution in [2.24, 2.45) is 0 Å². The van der Waals surface area contributed by atoms with Gasteiger partial charge in [0.15, 0.2) is 0 Å². The van der Waals surface area contributed by atoms with E-state index in [0.29, 0.717) is 0 Å². The Morgan fingerprint density at radius 3 is 2.95 bits per heavy atom. The topological polar surface area (TPSA) is 28.2 Å². The Morgan fingerprint density at radius 2 is 2.16 bits per heavy atom. The highest BCUT2D eigenvalue weighted by Crippen LogP contribution is 2.32. The van der Waals surface area contributed by atoms with E-state index in [1.807, 2.05) is 18.3 Å². The number of fused-ring (bicyclic) bond motifs is 1. The SMILES string of the molecule is CC1(C)CNCCN1c1ccnc2cc(Cl)ccc12. The minimum Gasteiger partial charge on any atom is -0.363 e. The molecular weight excluding hydrogens is 258 g/mol. The lowest BCUT2D eigenvalue weighted by Gasteiger charge is -2.44. The van der Waals surface area contributed by atoms with Crippen molar-refractivity contribution >= 4 is 28.2 Å². The highest BCUT2D eigenvalue weighted by atomic mass is 35.5. The maximum absolute atomic E-state index is 6.05. The predicted octanol–water partition coefficient (Wildman–Crippen LogP) is 3.08. The molecule has 1 saturated heterocycles. The third-order valence-electron chi connectivity index (χ3n) is 3.77. The van der Waals surface area contributed by atoms with Crippen molar-refractivity contribution < 1.29 is 0 Å². The van der Waals surface area contributed by atoms with Gasteiger partial charge in [0, 0.05) is 47.5 Å². The second kappa shape index (κ2) is 4.66. The Balaban J connectivity index is 2.14. The van der Waals surface area contributed by atoms with Crippen molar-refractivity contribution in [2.75, 3.05) is 24.5 Å². The highest BCUT2D eigenvalue weighted by molar-refractivity contribution is 6.31. The van der Waals surface area contributed by atoms with Crippen LogP contribution in [-0.2, 0) is 0 Å². The van der Waals surface area contributed by atoms with Gasteiger partial charge in [0.25, 0.3) is 0 Å². The van der Waals surface area contributed by atoms with E-state index >= 15 is 0 Å². The molecule has 1 aliphatic heterocycles. The van der Waals surface area contributed by atoms with Crippen LogP contribution in [0, 0.1) is 0 Å². The van der Waals surface area contributed by atoms with Crippen molar-refractivity contribution in [1.82, 2.24) is 10.3 Å². The first-order valence-corrected chi connectivity index (χ1v) is 6.98. The molecule has 0 amide bonds. The van der Waals surface area contributed by atoms with Crippen molar-refractivity contribution in [3.05, 3.63) is 35.5 Å². The number of benzene rings is 1. The Morgan fingerprint density at radius 1 is 1.32 bits per heavy atom. The van der Waals surface area contributed by atoms with Crippen LogP contribution >= 0.6 is 11.6 Å². The average molecular weight is 276 g/mol. The molecular formula is C15H18ClN3. The molecule has 0 spiro atoms. The lowest BCUT2D eigenvalue weighted by molar-refractivity contribution is 0.381. The van der Waals surface area contributed by atoms with E-state index in [2.05, 4.69) is 41.2 Å². The number of anilines is 1. The molecule has 19 heavy (non-hydrogen) atoms. The quantitative estimate of drug-likeness (QED) is 0.867. The molecule has 100 valence electrons. The first kappa shape index (κ1) is 12.7. The normalized spacial score (nSPS) is 18.8. The summed E-state index contributed by atoms with van der Waals surface area (Å²) in [6.07, 6.45) is 1.87. The van der Waals surface area contributed by atoms with E-state index in [-0.39, 0.29) is 5.54 Å². The van der Waals surface area contributed by atoms with Gasteiger partial charge in [0.1, 0.15) is 0 Å². The Kier molecular flexibility index (Phi) is 3.11. The zero-order valence-electron chi connectivity index (χ0n) is 11.3. The van der Waals surface area contributed by atoms with Gasteiger partial charge in [-0.1, -0.05) is 11.6 Å². The summed E-state index contributed by atoms with van der Waals surface area (Å²) in [5.74, 6) is 0. The van der Waals surface area contributed by atoms with Crippen molar-refractivity contribution in [3.8, 4) is 0 Å². The summed E-state index contributed by atoms with van der Waals surface area (Å²) in [5, 5.41) is 5.36. The summed E-state index contributed by atoms with van der Waals surface area (Å²) in [6, 6.07) is 8.03. The minimum atomic E-state index is 0.103. The third-order valence-corrected chi connectivity index (χ3v) is 4.01. The van der Waals surface area contributed by atoms with Gasteiger partial charge in [-0.15, -0.1) is 0 Å². The van der Waals surface area contributed by atoms with E-state index in [4.69, 9.17) is 11.6 Å². The van der Waals surface area contributed by atoms with E-state index in [0.717, 1.165) is 30.2 Å². The zero-order valence-corrected chi connectivity index (χ0v) is 12.0. The number of hydrogen-bond donors (Lipinski definition) is 1. The molecule has 1 aromatic heterocycles. The number of nitrogens with one attached hydrogen (secondary N) is 1. The van der Waals surface area contributed by atoms with E-state index in [9.17, 15) is 0 Å². The molecule has 0 saturated carbocycles. The van der Waals surface area contributed by atoms with Gasteiger partial charge in [-0.2, -0.15) is 0 Å². The summed E-state index contributed by atoms with van der Waals surface area (Å²) in [7, 11) is 0. The lowest BCUT2D eigenvalue weighted by Crippen LogP contribution is -2.58. The minimum absolute atomic E-state index is 0.103. The molecule has 0 atom stereocenters. The molecule has 1 aliphatic rings. The maximum atomic E-state index is 6.05. The number of aromatic nitrogens is 1. The van der Waals surface area contributed by atoms with Crippen LogP contribution in [0.4, 0.5) is 5.69 Å². The fourth-order valence-electron chi connectivity index (χ4n) is 2.77. The summed E-state index contributed by atoms with van der Waals surface area (Å²) in [6.45, 7) is 7.54. The van der Waals surface area contributed by atoms with Gasteiger partial charge < -0.3 is 10.2 Å². The first-order chi connectivity index (χ1) is 9.08. The van der Waals surface area contributed by atoms with E-state index < -0.39 is 0 Å². The number of nitrogens with zero attached hydrogens (tertiary/aromatic N) is 2. The fraction of sp³-hybridized carbons (Fsp3) is 0.400. The number of pyridine rings is 1. The molecule has 0 unspecified atom stereocenters. The molecule has 2 heterocycles. The Hall–Kier alpha value is -1.32. The summed E-state index contributed by atoms with van der Waals surface area (Å²) in [5.41, 5.74) is 2.30. The van der Waals surface area contributed by atoms with Crippen LogP contribution in [0.25, 0.3) is 10.9 Å². The van der Waals surface area contributed by atoms with Crippen molar-refractivity contribution in [3.63, 3.8) is 0 Å². The van der Waals surface area contributed by atoms with Gasteiger partial charge in [0.2, 0.25) is 0 Å². The zero-order chi connectivity index (χ0) is 13.5. The van der Waals surface area contributed by atoms with Gasteiger partial charge >= 0.3 is 0 Å². The molecule has 3 rings (SSSR count). The molecule has 1 aromatic carbocycles. The highest BCUT2D eigenvalue weighted by Gasteiger charge is 2.30. The summed E-state index contributed by atoms with van der Waals surface area (Å²) >= 11 is 6.05. The number of hydrogen-bond acceptors (Lipinski definition) is 3. The molecule has 3 nitrogen and oxygen atoms in total. The summed E-state index contributed by atoms with van der Waals surface area (Å²) < 4.78 is 0. The fourth-order valence-corrected chi connectivity index (χ4v) is 2.94. The van der Waals surface area contributed by atoms with Crippen molar-refractivity contribution in [2.45, 2.75) is 19.4 Å². The Labute approximate surface area is 118 Å². The molecule has 0 radical (unpaired) electrons. The number of piperazine rings is 1. The van der Waals surface area contributed by atoms with Crippen LogP contribution in [-0.4, -0.2) is 30.2 Å². The standard InChI is InChI=1S/C15H18ClN3/c1-15(2)10-17-7-8-19(15)14-5-6-18-13-9-11(16)3-4-12(13)14/h3-6,9,17H,7-8,10H2,1-2H3. The first-order valence-electron chi connectivity index (χ1n) is 6.60. The average Bonchev–Trinajstić information content (AvgIpc) is 2.37. The van der Waals surface area contributed by atoms with Crippen LogP contribution < -0.4 is 10.2 Å². The van der Waals surface area contributed by atoms with Gasteiger partial charge in [-0.3, -0.25) is 4.98 Å². The molecule has 2 aromatic rings. The predicted molar refractivity (Wildman–Crippen MR) is 81.0 cm³/mol. The molecule has 1 fully saturated rings. The maximum Gasteiger partial charge on any atom is 0.0737 e. The largest absolute Gasteiger partial charge is 0.363 e. The van der Waals surface area contributed by atoms with Crippen molar-refractivity contribution in [1.29, 1.82) is 0 Å². The Bertz CT molecular complexity index is 609. The van der Waals surface area contributed by atoms with Crippen LogP contribution in [0.3, 0.4) is 0 Å². The molecule has 0 aliphatic carbocycles. The van der Waals surface area contributed by atoms with Gasteiger partial charge in [0.05, 0.1) is 5.52 Å². The van der Waals surface area contributed by atoms with E-state index in [1.54, 1.807) is 0 Å². The molecule has 0 bridgehead atoms. The van der Waals surface area contributed by atoms with Crippen LogP contribution in [0.5, 0.6) is 0 Å². The van der Waals surface area contributed by atoms with E-state index in [1.165, 1.54) is 11.1 Å². The molecule has 4 heteroatoms. The second-order valence-electron chi connectivity index (χ2n) is 5.63. The van der Waals surface area contributed by atoms with Crippen LogP contribution in [0.2, 0.25) is 5.02 Å².